The number of quaternary nitrogens is 1. The molecule has 2 aliphatic rings. The Morgan fingerprint density at radius 3 is 2.91 bits per heavy atom. The van der Waals surface area contributed by atoms with Crippen LogP contribution < -0.4 is 15.6 Å². The summed E-state index contributed by atoms with van der Waals surface area (Å²) in [6, 6.07) is 7.67. The highest BCUT2D eigenvalue weighted by Crippen LogP contribution is 2.36. The van der Waals surface area contributed by atoms with Crippen LogP contribution in [0, 0.1) is 0 Å². The third kappa shape index (κ3) is 3.60. The molecule has 0 aliphatic carbocycles. The molecule has 2 aliphatic heterocycles. The van der Waals surface area contributed by atoms with Crippen molar-refractivity contribution in [3.05, 3.63) is 24.3 Å². The van der Waals surface area contributed by atoms with Gasteiger partial charge in [0.2, 0.25) is 11.8 Å². The second-order valence-electron chi connectivity index (χ2n) is 5.78. The Bertz CT molecular complexity index is 572. The van der Waals surface area contributed by atoms with E-state index in [0.717, 1.165) is 36.8 Å². The number of nitrogens with one attached hydrogen (secondary N) is 3. The Labute approximate surface area is 134 Å². The lowest BCUT2D eigenvalue weighted by Gasteiger charge is -2.30. The second-order valence-corrected chi connectivity index (χ2v) is 7.02. The van der Waals surface area contributed by atoms with Gasteiger partial charge in [-0.3, -0.25) is 15.0 Å². The van der Waals surface area contributed by atoms with Crippen molar-refractivity contribution >= 4 is 29.3 Å². The molecule has 1 fully saturated rings. The molecule has 0 bridgehead atoms. The number of likely N-dealkylation sites (N-methyl/N-ethyl adjacent to an activating group) is 1. The standard InChI is InChI=1S/C15H20N4O2S/c1-18-6-8-19(9-7-18)17-14(20)10-13-15(21)16-11-4-2-3-5-12(11)22-13/h2-5,13H,6-10H2,1H3,(H,16,21)(H,17,20)/p+1/t13-/m0/s1. The highest BCUT2D eigenvalue weighted by molar-refractivity contribution is 8.01. The lowest BCUT2D eigenvalue weighted by atomic mass is 10.2. The van der Waals surface area contributed by atoms with E-state index < -0.39 is 0 Å². The minimum atomic E-state index is -0.368. The molecule has 2 heterocycles. The smallest absolute Gasteiger partial charge is 0.238 e. The van der Waals surface area contributed by atoms with E-state index in [9.17, 15) is 9.59 Å². The molecule has 0 aromatic heterocycles. The summed E-state index contributed by atoms with van der Waals surface area (Å²) in [6.45, 7) is 3.74. The van der Waals surface area contributed by atoms with Gasteiger partial charge in [-0.05, 0) is 12.1 Å². The average Bonchev–Trinajstić information content (AvgIpc) is 2.50. The van der Waals surface area contributed by atoms with Crippen molar-refractivity contribution in [1.82, 2.24) is 10.4 Å². The van der Waals surface area contributed by atoms with Crippen molar-refractivity contribution in [3.63, 3.8) is 0 Å². The molecule has 0 radical (unpaired) electrons. The Kier molecular flexibility index (Phi) is 4.66. The van der Waals surface area contributed by atoms with Crippen molar-refractivity contribution in [2.75, 3.05) is 38.5 Å². The number of carbonyl (C=O) groups excluding carboxylic acids is 2. The van der Waals surface area contributed by atoms with Gasteiger partial charge in [0.25, 0.3) is 0 Å². The zero-order valence-corrected chi connectivity index (χ0v) is 13.4. The summed E-state index contributed by atoms with van der Waals surface area (Å²) in [6.07, 6.45) is 0.198. The second kappa shape index (κ2) is 6.68. The Morgan fingerprint density at radius 1 is 1.41 bits per heavy atom. The number of para-hydroxylation sites is 1. The monoisotopic (exact) mass is 321 g/mol. The van der Waals surface area contributed by atoms with Crippen molar-refractivity contribution in [2.24, 2.45) is 0 Å². The molecule has 2 amide bonds. The average molecular weight is 321 g/mol. The van der Waals surface area contributed by atoms with Gasteiger partial charge in [0.1, 0.15) is 0 Å². The normalized spacial score (nSPS) is 22.8. The first-order chi connectivity index (χ1) is 10.6. The van der Waals surface area contributed by atoms with Gasteiger partial charge < -0.3 is 10.2 Å². The maximum Gasteiger partial charge on any atom is 0.238 e. The van der Waals surface area contributed by atoms with Gasteiger partial charge in [-0.1, -0.05) is 12.1 Å². The van der Waals surface area contributed by atoms with E-state index >= 15 is 0 Å². The molecular formula is C15H21N4O2S+. The minimum Gasteiger partial charge on any atom is -0.335 e. The highest BCUT2D eigenvalue weighted by atomic mass is 32.2. The van der Waals surface area contributed by atoms with Crippen molar-refractivity contribution < 1.29 is 14.5 Å². The first-order valence-corrected chi connectivity index (χ1v) is 8.42. The molecule has 1 aromatic rings. The molecule has 22 heavy (non-hydrogen) atoms. The summed E-state index contributed by atoms with van der Waals surface area (Å²) in [5.74, 6) is -0.187. The van der Waals surface area contributed by atoms with Crippen LogP contribution >= 0.6 is 11.8 Å². The fourth-order valence-corrected chi connectivity index (χ4v) is 3.73. The fraction of sp³-hybridized carbons (Fsp3) is 0.467. The number of hydrogen-bond donors (Lipinski definition) is 3. The number of hydrogen-bond acceptors (Lipinski definition) is 4. The molecule has 1 saturated heterocycles. The Hall–Kier alpha value is -1.57. The Morgan fingerprint density at radius 2 is 2.14 bits per heavy atom. The predicted octanol–water partition coefficient (Wildman–Crippen LogP) is -0.649. The van der Waals surface area contributed by atoms with E-state index in [2.05, 4.69) is 17.8 Å². The van der Waals surface area contributed by atoms with Gasteiger partial charge in [-0.15, -0.1) is 11.8 Å². The van der Waals surface area contributed by atoms with E-state index in [1.54, 1.807) is 0 Å². The predicted molar refractivity (Wildman–Crippen MR) is 85.7 cm³/mol. The molecule has 1 atom stereocenters. The summed E-state index contributed by atoms with van der Waals surface area (Å²) in [7, 11) is 2.15. The minimum absolute atomic E-state index is 0.0911. The number of hydrazine groups is 1. The molecule has 118 valence electrons. The van der Waals surface area contributed by atoms with Gasteiger partial charge in [0.15, 0.2) is 0 Å². The fourth-order valence-electron chi connectivity index (χ4n) is 2.62. The third-order valence-corrected chi connectivity index (χ3v) is 5.25. The molecule has 3 rings (SSSR count). The lowest BCUT2D eigenvalue weighted by Crippen LogP contribution is -3.12. The summed E-state index contributed by atoms with van der Waals surface area (Å²) >= 11 is 1.46. The Balaban J connectivity index is 1.54. The largest absolute Gasteiger partial charge is 0.335 e. The van der Waals surface area contributed by atoms with Crippen LogP contribution in [0.2, 0.25) is 0 Å². The summed E-state index contributed by atoms with van der Waals surface area (Å²) in [5.41, 5.74) is 3.75. The SMILES string of the molecule is C[NH+]1CCN(NC(=O)C[C@@H]2Sc3ccccc3NC2=O)CC1. The number of benzene rings is 1. The van der Waals surface area contributed by atoms with E-state index in [0.29, 0.717) is 0 Å². The third-order valence-electron chi connectivity index (χ3n) is 3.98. The molecule has 1 aromatic carbocycles. The number of piperazine rings is 1. The summed E-state index contributed by atoms with van der Waals surface area (Å²) < 4.78 is 0. The first-order valence-electron chi connectivity index (χ1n) is 7.54. The number of carbonyl (C=O) groups is 2. The molecule has 7 heteroatoms. The zero-order valence-electron chi connectivity index (χ0n) is 12.6. The van der Waals surface area contributed by atoms with Gasteiger partial charge in [-0.25, -0.2) is 5.01 Å². The van der Waals surface area contributed by atoms with Crippen molar-refractivity contribution in [3.8, 4) is 0 Å². The van der Waals surface area contributed by atoms with Crippen LogP contribution in [-0.4, -0.2) is 55.3 Å². The van der Waals surface area contributed by atoms with Gasteiger partial charge in [0, 0.05) is 11.3 Å². The van der Waals surface area contributed by atoms with Crippen molar-refractivity contribution in [2.45, 2.75) is 16.6 Å². The molecular weight excluding hydrogens is 300 g/mol. The first kappa shape index (κ1) is 15.3. The number of nitrogens with zero attached hydrogens (tertiary/aromatic N) is 1. The van der Waals surface area contributed by atoms with Crippen LogP contribution in [0.1, 0.15) is 6.42 Å². The van der Waals surface area contributed by atoms with Crippen LogP contribution in [0.3, 0.4) is 0 Å². The van der Waals surface area contributed by atoms with Crippen molar-refractivity contribution in [1.29, 1.82) is 0 Å². The van der Waals surface area contributed by atoms with Crippen LogP contribution in [0.5, 0.6) is 0 Å². The van der Waals surface area contributed by atoms with Crippen LogP contribution in [0.25, 0.3) is 0 Å². The maximum atomic E-state index is 12.2. The van der Waals surface area contributed by atoms with Gasteiger partial charge in [-0.2, -0.15) is 0 Å². The number of rotatable bonds is 3. The molecule has 0 spiro atoms. The van der Waals surface area contributed by atoms with E-state index in [1.165, 1.54) is 16.7 Å². The van der Waals surface area contributed by atoms with Crippen LogP contribution in [0.4, 0.5) is 5.69 Å². The maximum absolute atomic E-state index is 12.2. The lowest BCUT2D eigenvalue weighted by molar-refractivity contribution is -0.884. The molecule has 0 saturated carbocycles. The summed E-state index contributed by atoms with van der Waals surface area (Å²) in [5, 5.41) is 4.45. The van der Waals surface area contributed by atoms with Crippen LogP contribution in [0.15, 0.2) is 29.2 Å². The number of anilines is 1. The van der Waals surface area contributed by atoms with E-state index in [-0.39, 0.29) is 23.5 Å². The van der Waals surface area contributed by atoms with E-state index in [4.69, 9.17) is 0 Å². The topological polar surface area (TPSA) is 65.9 Å². The molecule has 3 N–H and O–H groups in total. The quantitative estimate of drug-likeness (QED) is 0.692. The molecule has 6 nitrogen and oxygen atoms in total. The number of fused-ring (bicyclic) bond motifs is 1. The van der Waals surface area contributed by atoms with Gasteiger partial charge >= 0.3 is 0 Å². The van der Waals surface area contributed by atoms with Crippen LogP contribution in [-0.2, 0) is 9.59 Å². The molecule has 0 unspecified atom stereocenters. The number of thioether (sulfide) groups is 1. The van der Waals surface area contributed by atoms with E-state index in [1.807, 2.05) is 29.3 Å². The number of amides is 2. The summed E-state index contributed by atoms with van der Waals surface area (Å²) in [4.78, 5) is 26.8. The van der Waals surface area contributed by atoms with Gasteiger partial charge in [0.05, 0.1) is 44.2 Å². The zero-order chi connectivity index (χ0) is 15.5. The highest BCUT2D eigenvalue weighted by Gasteiger charge is 2.29.